The molecule has 0 spiro atoms. The highest BCUT2D eigenvalue weighted by molar-refractivity contribution is 9.10. The number of hydrogen-bond donors (Lipinski definition) is 1. The summed E-state index contributed by atoms with van der Waals surface area (Å²) < 4.78 is 10.8. The Bertz CT molecular complexity index is 920. The number of amides is 1. The van der Waals surface area contributed by atoms with Crippen molar-refractivity contribution in [2.24, 2.45) is 0 Å². The van der Waals surface area contributed by atoms with Gasteiger partial charge in [0.2, 0.25) is 0 Å². The summed E-state index contributed by atoms with van der Waals surface area (Å²) in [5.74, 6) is -0.425. The van der Waals surface area contributed by atoms with Crippen molar-refractivity contribution in [2.75, 3.05) is 19.8 Å². The molecule has 0 atom stereocenters. The average molecular weight is 457 g/mol. The Morgan fingerprint density at radius 2 is 1.97 bits per heavy atom. The lowest BCUT2D eigenvalue weighted by molar-refractivity contribution is -0.145. The maximum Gasteiger partial charge on any atom is 0.344 e. The first-order valence-corrected chi connectivity index (χ1v) is 9.84. The normalized spacial score (nSPS) is 10.7. The van der Waals surface area contributed by atoms with Gasteiger partial charge in [0.05, 0.1) is 11.1 Å². The molecule has 0 unspecified atom stereocenters. The molecule has 0 saturated carbocycles. The Labute approximate surface area is 178 Å². The molecule has 2 rings (SSSR count). The number of nitrogens with zero attached hydrogens (tertiary/aromatic N) is 1. The molecular weight excluding hydrogens is 436 g/mol. The van der Waals surface area contributed by atoms with Crippen molar-refractivity contribution < 1.29 is 19.1 Å². The van der Waals surface area contributed by atoms with Gasteiger partial charge in [0.25, 0.3) is 5.91 Å². The van der Waals surface area contributed by atoms with Gasteiger partial charge < -0.3 is 14.8 Å². The molecule has 0 bridgehead atoms. The van der Waals surface area contributed by atoms with Crippen LogP contribution in [-0.2, 0) is 20.7 Å². The highest BCUT2D eigenvalue weighted by atomic mass is 79.9. The monoisotopic (exact) mass is 456 g/mol. The zero-order valence-electron chi connectivity index (χ0n) is 16.0. The summed E-state index contributed by atoms with van der Waals surface area (Å²) >= 11 is 3.36. The number of esters is 1. The molecule has 1 amide bonds. The largest absolute Gasteiger partial charge is 0.481 e. The standard InChI is InChI=1S/C22H21BrN2O4/c1-2-28-21(26)15-29-20-9-8-17(13-19(20)23)12-18(14-24)22(27)25-11-10-16-6-4-3-5-7-16/h3-9,12-13H,2,10-11,15H2,1H3,(H,25,27)/b18-12+. The Morgan fingerprint density at radius 3 is 2.62 bits per heavy atom. The summed E-state index contributed by atoms with van der Waals surface area (Å²) in [6, 6.07) is 16.8. The fraction of sp³-hybridized carbons (Fsp3) is 0.227. The lowest BCUT2D eigenvalue weighted by Gasteiger charge is -2.08. The first-order chi connectivity index (χ1) is 14.0. The van der Waals surface area contributed by atoms with E-state index in [4.69, 9.17) is 9.47 Å². The third-order valence-electron chi connectivity index (χ3n) is 3.82. The third kappa shape index (κ3) is 7.43. The van der Waals surface area contributed by atoms with Gasteiger partial charge in [0.1, 0.15) is 17.4 Å². The molecule has 29 heavy (non-hydrogen) atoms. The zero-order valence-corrected chi connectivity index (χ0v) is 17.6. The summed E-state index contributed by atoms with van der Waals surface area (Å²) in [5, 5.41) is 12.1. The molecule has 150 valence electrons. The van der Waals surface area contributed by atoms with E-state index >= 15 is 0 Å². The lowest BCUT2D eigenvalue weighted by Crippen LogP contribution is -2.26. The van der Waals surface area contributed by atoms with Crippen LogP contribution in [0.2, 0.25) is 0 Å². The van der Waals surface area contributed by atoms with Gasteiger partial charge in [-0.2, -0.15) is 5.26 Å². The molecule has 2 aromatic carbocycles. The average Bonchev–Trinajstić information content (AvgIpc) is 2.72. The van der Waals surface area contributed by atoms with Crippen LogP contribution in [0.5, 0.6) is 5.75 Å². The maximum absolute atomic E-state index is 12.3. The quantitative estimate of drug-likeness (QED) is 0.353. The van der Waals surface area contributed by atoms with Crippen LogP contribution in [0.15, 0.2) is 58.6 Å². The highest BCUT2D eigenvalue weighted by Crippen LogP contribution is 2.27. The Hall–Kier alpha value is -3.11. The third-order valence-corrected chi connectivity index (χ3v) is 4.44. The highest BCUT2D eigenvalue weighted by Gasteiger charge is 2.10. The van der Waals surface area contributed by atoms with Crippen LogP contribution in [0.25, 0.3) is 6.08 Å². The van der Waals surface area contributed by atoms with Gasteiger partial charge in [-0.1, -0.05) is 36.4 Å². The van der Waals surface area contributed by atoms with Crippen LogP contribution < -0.4 is 10.1 Å². The van der Waals surface area contributed by atoms with Crippen molar-refractivity contribution in [2.45, 2.75) is 13.3 Å². The van der Waals surface area contributed by atoms with E-state index in [2.05, 4.69) is 21.2 Å². The molecule has 7 heteroatoms. The number of ether oxygens (including phenoxy) is 2. The van der Waals surface area contributed by atoms with Gasteiger partial charge in [-0.15, -0.1) is 0 Å². The minimum atomic E-state index is -0.456. The van der Waals surface area contributed by atoms with Crippen molar-refractivity contribution in [3.63, 3.8) is 0 Å². The van der Waals surface area contributed by atoms with E-state index < -0.39 is 11.9 Å². The van der Waals surface area contributed by atoms with Crippen LogP contribution in [0.3, 0.4) is 0 Å². The molecule has 2 aromatic rings. The van der Waals surface area contributed by atoms with Gasteiger partial charge in [0, 0.05) is 6.54 Å². The number of nitrogens with one attached hydrogen (secondary N) is 1. The first-order valence-electron chi connectivity index (χ1n) is 9.05. The summed E-state index contributed by atoms with van der Waals surface area (Å²) in [4.78, 5) is 23.6. The van der Waals surface area contributed by atoms with Gasteiger partial charge >= 0.3 is 5.97 Å². The summed E-state index contributed by atoms with van der Waals surface area (Å²) in [6.45, 7) is 2.25. The number of hydrogen-bond acceptors (Lipinski definition) is 5. The number of carbonyl (C=O) groups is 2. The van der Waals surface area contributed by atoms with E-state index in [9.17, 15) is 14.9 Å². The van der Waals surface area contributed by atoms with Gasteiger partial charge in [-0.05, 0) is 58.6 Å². The molecule has 0 radical (unpaired) electrons. The van der Waals surface area contributed by atoms with Crippen LogP contribution >= 0.6 is 15.9 Å². The topological polar surface area (TPSA) is 88.4 Å². The Morgan fingerprint density at radius 1 is 1.21 bits per heavy atom. The maximum atomic E-state index is 12.3. The second kappa shape index (κ2) is 11.7. The minimum absolute atomic E-state index is 0.00477. The minimum Gasteiger partial charge on any atom is -0.481 e. The zero-order chi connectivity index (χ0) is 21.1. The molecule has 0 heterocycles. The van der Waals surface area contributed by atoms with E-state index in [-0.39, 0.29) is 18.8 Å². The van der Waals surface area contributed by atoms with Crippen LogP contribution in [0, 0.1) is 11.3 Å². The van der Waals surface area contributed by atoms with E-state index in [1.54, 1.807) is 25.1 Å². The van der Waals surface area contributed by atoms with E-state index in [1.165, 1.54) is 6.08 Å². The smallest absolute Gasteiger partial charge is 0.344 e. The van der Waals surface area contributed by atoms with Crippen LogP contribution in [-0.4, -0.2) is 31.6 Å². The molecule has 0 aromatic heterocycles. The molecule has 6 nitrogen and oxygen atoms in total. The molecule has 0 fully saturated rings. The van der Waals surface area contributed by atoms with Crippen molar-refractivity contribution in [3.8, 4) is 11.8 Å². The number of rotatable bonds is 9. The fourth-order valence-electron chi connectivity index (χ4n) is 2.44. The molecule has 0 aliphatic rings. The predicted octanol–water partition coefficient (Wildman–Crippen LogP) is 3.66. The SMILES string of the molecule is CCOC(=O)COc1ccc(/C=C(\C#N)C(=O)NCCc2ccccc2)cc1Br. The van der Waals surface area contributed by atoms with Gasteiger partial charge in [-0.3, -0.25) is 4.79 Å². The van der Waals surface area contributed by atoms with Gasteiger partial charge in [-0.25, -0.2) is 4.79 Å². The van der Waals surface area contributed by atoms with Crippen LogP contribution in [0.4, 0.5) is 0 Å². The van der Waals surface area contributed by atoms with E-state index in [0.29, 0.717) is 28.8 Å². The Kier molecular flexibility index (Phi) is 8.93. The molecule has 0 saturated heterocycles. The summed E-state index contributed by atoms with van der Waals surface area (Å²) in [5.41, 5.74) is 1.76. The second-order valence-electron chi connectivity index (χ2n) is 5.94. The van der Waals surface area contributed by atoms with Crippen LogP contribution in [0.1, 0.15) is 18.1 Å². The number of nitriles is 1. The molecule has 0 aliphatic carbocycles. The number of carbonyl (C=O) groups excluding carboxylic acids is 2. The second-order valence-corrected chi connectivity index (χ2v) is 6.80. The summed E-state index contributed by atoms with van der Waals surface area (Å²) in [6.07, 6.45) is 2.18. The molecule has 0 aliphatic heterocycles. The molecular formula is C22H21BrN2O4. The predicted molar refractivity (Wildman–Crippen MR) is 113 cm³/mol. The number of halogens is 1. The summed E-state index contributed by atoms with van der Waals surface area (Å²) in [7, 11) is 0. The van der Waals surface area contributed by atoms with Crippen molar-refractivity contribution >= 4 is 33.9 Å². The number of benzene rings is 2. The lowest BCUT2D eigenvalue weighted by atomic mass is 10.1. The Balaban J connectivity index is 1.96. The fourth-order valence-corrected chi connectivity index (χ4v) is 2.95. The first kappa shape index (κ1) is 22.2. The molecule has 1 N–H and O–H groups in total. The van der Waals surface area contributed by atoms with Crippen molar-refractivity contribution in [3.05, 3.63) is 69.7 Å². The van der Waals surface area contributed by atoms with Gasteiger partial charge in [0.15, 0.2) is 6.61 Å². The van der Waals surface area contributed by atoms with E-state index in [0.717, 1.165) is 5.56 Å². The van der Waals surface area contributed by atoms with Crippen molar-refractivity contribution in [1.82, 2.24) is 5.32 Å². The van der Waals surface area contributed by atoms with Crippen molar-refractivity contribution in [1.29, 1.82) is 5.26 Å². The van der Waals surface area contributed by atoms with E-state index in [1.807, 2.05) is 36.4 Å².